The molecule has 0 radical (unpaired) electrons. The zero-order valence-corrected chi connectivity index (χ0v) is 9.09. The largest absolute Gasteiger partial charge is 0.383 e. The fraction of sp³-hybridized carbons (Fsp3) is 0.400. The first-order valence-corrected chi connectivity index (χ1v) is 5.26. The Kier molecular flexibility index (Phi) is 1.81. The minimum absolute atomic E-state index is 0.255. The number of nitrogen functional groups attached to an aromatic ring is 1. The third-order valence-corrected chi connectivity index (χ3v) is 2.90. The highest BCUT2D eigenvalue weighted by Gasteiger charge is 2.25. The predicted octanol–water partition coefficient (Wildman–Crippen LogP) is -0.233. The van der Waals surface area contributed by atoms with Crippen LogP contribution in [0.2, 0.25) is 0 Å². The summed E-state index contributed by atoms with van der Waals surface area (Å²) in [7, 11) is 0. The van der Waals surface area contributed by atoms with Gasteiger partial charge in [0.05, 0.1) is 6.20 Å². The smallest absolute Gasteiger partial charge is 0.162 e. The van der Waals surface area contributed by atoms with Crippen LogP contribution in [0.1, 0.15) is 5.56 Å². The number of fused-ring (bicyclic) bond motifs is 1. The van der Waals surface area contributed by atoms with E-state index in [0.29, 0.717) is 5.82 Å². The molecule has 2 aromatic heterocycles. The van der Waals surface area contributed by atoms with E-state index in [1.807, 2.05) is 13.0 Å². The second kappa shape index (κ2) is 3.08. The van der Waals surface area contributed by atoms with Crippen LogP contribution in [0.25, 0.3) is 5.65 Å². The van der Waals surface area contributed by atoms with Crippen LogP contribution < -0.4 is 16.4 Å². The van der Waals surface area contributed by atoms with Gasteiger partial charge >= 0.3 is 0 Å². The molecule has 0 amide bonds. The summed E-state index contributed by atoms with van der Waals surface area (Å²) in [6.07, 6.45) is 1.77. The van der Waals surface area contributed by atoms with Crippen molar-refractivity contribution in [1.29, 1.82) is 0 Å². The molecule has 0 saturated carbocycles. The summed E-state index contributed by atoms with van der Waals surface area (Å²) >= 11 is 0. The van der Waals surface area contributed by atoms with E-state index >= 15 is 0 Å². The standard InChI is InChI=1S/C10H14N6/c1-6-3-13-16-8(12)2-9(14-10(6)16)15-4-7(11)5-15/h2-3,7H,4-5,11-12H2,1H3. The van der Waals surface area contributed by atoms with Gasteiger partial charge in [-0.3, -0.25) is 0 Å². The molecule has 4 N–H and O–H groups in total. The summed E-state index contributed by atoms with van der Waals surface area (Å²) < 4.78 is 1.65. The van der Waals surface area contributed by atoms with Crippen molar-refractivity contribution in [3.05, 3.63) is 17.8 Å². The van der Waals surface area contributed by atoms with E-state index in [4.69, 9.17) is 11.5 Å². The van der Waals surface area contributed by atoms with Gasteiger partial charge in [0.25, 0.3) is 0 Å². The molecular formula is C10H14N6. The number of nitrogens with two attached hydrogens (primary N) is 2. The van der Waals surface area contributed by atoms with Gasteiger partial charge in [0.15, 0.2) is 5.65 Å². The van der Waals surface area contributed by atoms with E-state index in [2.05, 4.69) is 15.0 Å². The lowest BCUT2D eigenvalue weighted by molar-refractivity contribution is 0.514. The Balaban J connectivity index is 2.09. The third kappa shape index (κ3) is 1.23. The zero-order chi connectivity index (χ0) is 11.3. The first-order chi connectivity index (χ1) is 7.65. The van der Waals surface area contributed by atoms with Crippen molar-refractivity contribution in [3.8, 4) is 0 Å². The first kappa shape index (κ1) is 9.41. The maximum absolute atomic E-state index is 5.92. The molecule has 0 spiro atoms. The number of aryl methyl sites for hydroxylation is 1. The van der Waals surface area contributed by atoms with Gasteiger partial charge in [-0.25, -0.2) is 4.98 Å². The summed E-state index contributed by atoms with van der Waals surface area (Å²) in [5.41, 5.74) is 13.5. The Hall–Kier alpha value is -1.82. The molecule has 16 heavy (non-hydrogen) atoms. The molecule has 0 unspecified atom stereocenters. The molecule has 2 aromatic rings. The van der Waals surface area contributed by atoms with Gasteiger partial charge in [0.2, 0.25) is 0 Å². The SMILES string of the molecule is Cc1cnn2c(N)cc(N3CC(N)C3)nc12. The summed E-state index contributed by atoms with van der Waals surface area (Å²) in [5.74, 6) is 1.49. The molecule has 1 fully saturated rings. The summed E-state index contributed by atoms with van der Waals surface area (Å²) in [6.45, 7) is 3.66. The van der Waals surface area contributed by atoms with Crippen LogP contribution >= 0.6 is 0 Å². The van der Waals surface area contributed by atoms with E-state index < -0.39 is 0 Å². The molecule has 1 aliphatic heterocycles. The maximum atomic E-state index is 5.92. The Morgan fingerprint density at radius 2 is 2.19 bits per heavy atom. The summed E-state index contributed by atoms with van der Waals surface area (Å²) in [5, 5.41) is 4.16. The fourth-order valence-corrected chi connectivity index (χ4v) is 1.94. The maximum Gasteiger partial charge on any atom is 0.162 e. The van der Waals surface area contributed by atoms with Crippen molar-refractivity contribution >= 4 is 17.3 Å². The second-order valence-corrected chi connectivity index (χ2v) is 4.27. The molecule has 84 valence electrons. The summed E-state index contributed by atoms with van der Waals surface area (Å²) in [6, 6.07) is 2.09. The van der Waals surface area contributed by atoms with Gasteiger partial charge in [0, 0.05) is 30.8 Å². The first-order valence-electron chi connectivity index (χ1n) is 5.26. The van der Waals surface area contributed by atoms with E-state index in [1.54, 1.807) is 10.7 Å². The van der Waals surface area contributed by atoms with E-state index in [0.717, 1.165) is 30.1 Å². The predicted molar refractivity (Wildman–Crippen MR) is 62.3 cm³/mol. The Labute approximate surface area is 92.9 Å². The average molecular weight is 218 g/mol. The molecule has 0 aliphatic carbocycles. The zero-order valence-electron chi connectivity index (χ0n) is 9.09. The van der Waals surface area contributed by atoms with Crippen molar-refractivity contribution in [3.63, 3.8) is 0 Å². The van der Waals surface area contributed by atoms with Crippen LogP contribution in [0.4, 0.5) is 11.6 Å². The Morgan fingerprint density at radius 3 is 2.88 bits per heavy atom. The minimum Gasteiger partial charge on any atom is -0.383 e. The van der Waals surface area contributed by atoms with Crippen molar-refractivity contribution < 1.29 is 0 Å². The molecule has 3 heterocycles. The highest BCUT2D eigenvalue weighted by Crippen LogP contribution is 2.22. The van der Waals surface area contributed by atoms with Crippen molar-refractivity contribution in [2.24, 2.45) is 5.73 Å². The van der Waals surface area contributed by atoms with Crippen molar-refractivity contribution in [2.45, 2.75) is 13.0 Å². The highest BCUT2D eigenvalue weighted by atomic mass is 15.3. The van der Waals surface area contributed by atoms with Gasteiger partial charge in [-0.1, -0.05) is 0 Å². The van der Waals surface area contributed by atoms with Crippen LogP contribution in [-0.2, 0) is 0 Å². The lowest BCUT2D eigenvalue weighted by Crippen LogP contribution is -2.56. The molecule has 0 aromatic carbocycles. The van der Waals surface area contributed by atoms with E-state index in [1.165, 1.54) is 0 Å². The van der Waals surface area contributed by atoms with Crippen LogP contribution in [0.15, 0.2) is 12.3 Å². The monoisotopic (exact) mass is 218 g/mol. The average Bonchev–Trinajstić information content (AvgIpc) is 2.56. The number of rotatable bonds is 1. The van der Waals surface area contributed by atoms with Gasteiger partial charge in [0.1, 0.15) is 11.6 Å². The molecule has 1 saturated heterocycles. The molecule has 6 nitrogen and oxygen atoms in total. The van der Waals surface area contributed by atoms with Gasteiger partial charge in [-0.2, -0.15) is 9.61 Å². The van der Waals surface area contributed by atoms with E-state index in [-0.39, 0.29) is 6.04 Å². The van der Waals surface area contributed by atoms with Crippen LogP contribution in [0, 0.1) is 6.92 Å². The quantitative estimate of drug-likeness (QED) is 0.690. The van der Waals surface area contributed by atoms with Gasteiger partial charge in [-0.15, -0.1) is 0 Å². The van der Waals surface area contributed by atoms with Gasteiger partial charge in [-0.05, 0) is 6.92 Å². The minimum atomic E-state index is 0.255. The summed E-state index contributed by atoms with van der Waals surface area (Å²) in [4.78, 5) is 6.66. The molecule has 3 rings (SSSR count). The molecule has 1 aliphatic rings. The lowest BCUT2D eigenvalue weighted by Gasteiger charge is -2.37. The topological polar surface area (TPSA) is 85.5 Å². The lowest BCUT2D eigenvalue weighted by atomic mass is 10.1. The molecular weight excluding hydrogens is 204 g/mol. The number of hydrogen-bond donors (Lipinski definition) is 2. The Bertz CT molecular complexity index is 539. The van der Waals surface area contributed by atoms with E-state index in [9.17, 15) is 0 Å². The van der Waals surface area contributed by atoms with Crippen molar-refractivity contribution in [2.75, 3.05) is 23.7 Å². The highest BCUT2D eigenvalue weighted by molar-refractivity contribution is 5.60. The molecule has 0 bridgehead atoms. The van der Waals surface area contributed by atoms with Crippen LogP contribution in [0.5, 0.6) is 0 Å². The number of anilines is 2. The van der Waals surface area contributed by atoms with Gasteiger partial charge < -0.3 is 16.4 Å². The van der Waals surface area contributed by atoms with Crippen molar-refractivity contribution in [1.82, 2.24) is 14.6 Å². The van der Waals surface area contributed by atoms with Crippen LogP contribution in [0.3, 0.4) is 0 Å². The third-order valence-electron chi connectivity index (χ3n) is 2.90. The fourth-order valence-electron chi connectivity index (χ4n) is 1.94. The molecule has 0 atom stereocenters. The second-order valence-electron chi connectivity index (χ2n) is 4.27. The molecule has 6 heteroatoms. The number of aromatic nitrogens is 3. The number of nitrogens with zero attached hydrogens (tertiary/aromatic N) is 4. The number of hydrogen-bond acceptors (Lipinski definition) is 5. The Morgan fingerprint density at radius 1 is 1.44 bits per heavy atom. The normalized spacial score (nSPS) is 16.8. The van der Waals surface area contributed by atoms with Crippen LogP contribution in [-0.4, -0.2) is 33.7 Å².